The van der Waals surface area contributed by atoms with Gasteiger partial charge in [-0.1, -0.05) is 23.7 Å². The number of nitrogens with zero attached hydrogens (tertiary/aromatic N) is 5. The van der Waals surface area contributed by atoms with Gasteiger partial charge in [0.1, 0.15) is 0 Å². The van der Waals surface area contributed by atoms with Crippen molar-refractivity contribution in [1.82, 2.24) is 19.1 Å². The molecule has 2 N–H and O–H groups in total. The van der Waals surface area contributed by atoms with Crippen molar-refractivity contribution in [3.8, 4) is 0 Å². The average Bonchev–Trinajstić information content (AvgIpc) is 3.14. The van der Waals surface area contributed by atoms with E-state index in [0.29, 0.717) is 12.2 Å². The largest absolute Gasteiger partial charge is 0.481 e. The highest BCUT2D eigenvalue weighted by Crippen LogP contribution is 2.20. The summed E-state index contributed by atoms with van der Waals surface area (Å²) in [4.78, 5) is 36.4. The lowest BCUT2D eigenvalue weighted by Gasteiger charge is -2.36. The summed E-state index contributed by atoms with van der Waals surface area (Å²) < 4.78 is 3.15. The molecular weight excluding hydrogens is 462 g/mol. The lowest BCUT2D eigenvalue weighted by atomic mass is 10.2. The number of benzene rings is 1. The summed E-state index contributed by atoms with van der Waals surface area (Å²) in [6.45, 7) is 5.65. The van der Waals surface area contributed by atoms with Gasteiger partial charge in [-0.3, -0.25) is 18.9 Å². The van der Waals surface area contributed by atoms with Crippen LogP contribution in [-0.2, 0) is 16.1 Å². The summed E-state index contributed by atoms with van der Waals surface area (Å²) in [6.07, 6.45) is 2.09. The van der Waals surface area contributed by atoms with Gasteiger partial charge in [0.2, 0.25) is 0 Å². The van der Waals surface area contributed by atoms with Crippen molar-refractivity contribution in [2.75, 3.05) is 37.6 Å². The summed E-state index contributed by atoms with van der Waals surface area (Å²) in [5, 5.41) is 21.0. The third kappa shape index (κ3) is 7.32. The Morgan fingerprint density at radius 3 is 2.26 bits per heavy atom. The standard InChI is InChI=1S/C19H22ClN5O.C4H6O4/c20-16-5-3-6-17(15-16)23-13-11-22(12-14-23)8-4-10-25-19(26)24-9-2-1-7-18(24)21-25;5-3(6)1-2-4(7)8/h1-3,5-7,9,15H,4,8,10-14H2;1-2H2,(H,5,6)(H,7,8). The smallest absolute Gasteiger partial charge is 0.350 e. The van der Waals surface area contributed by atoms with E-state index in [-0.39, 0.29) is 18.5 Å². The minimum atomic E-state index is -1.08. The number of halogens is 1. The molecule has 0 radical (unpaired) electrons. The molecule has 1 aliphatic heterocycles. The number of carboxylic acids is 2. The maximum Gasteiger partial charge on any atom is 0.350 e. The van der Waals surface area contributed by atoms with Gasteiger partial charge in [0.25, 0.3) is 0 Å². The fourth-order valence-corrected chi connectivity index (χ4v) is 3.86. The number of aryl methyl sites for hydroxylation is 1. The van der Waals surface area contributed by atoms with Gasteiger partial charge in [-0.2, -0.15) is 0 Å². The molecule has 0 amide bonds. The van der Waals surface area contributed by atoms with Crippen molar-refractivity contribution in [2.24, 2.45) is 0 Å². The van der Waals surface area contributed by atoms with Crippen molar-refractivity contribution in [3.05, 3.63) is 64.2 Å². The number of pyridine rings is 1. The molecule has 1 fully saturated rings. The number of hydrogen-bond acceptors (Lipinski definition) is 6. The maximum absolute atomic E-state index is 12.3. The van der Waals surface area contributed by atoms with Gasteiger partial charge in [0.05, 0.1) is 12.8 Å². The molecule has 0 spiro atoms. The Bertz CT molecular complexity index is 1160. The fourth-order valence-electron chi connectivity index (χ4n) is 3.67. The molecule has 182 valence electrons. The zero-order chi connectivity index (χ0) is 24.5. The molecule has 2 aromatic heterocycles. The first-order valence-corrected chi connectivity index (χ1v) is 11.4. The first-order valence-electron chi connectivity index (χ1n) is 11.0. The Morgan fingerprint density at radius 2 is 1.65 bits per heavy atom. The summed E-state index contributed by atoms with van der Waals surface area (Å²) >= 11 is 6.09. The Kier molecular flexibility index (Phi) is 9.06. The van der Waals surface area contributed by atoms with E-state index in [1.165, 1.54) is 5.69 Å². The van der Waals surface area contributed by atoms with E-state index in [9.17, 15) is 14.4 Å². The number of aromatic nitrogens is 3. The number of piperazine rings is 1. The minimum absolute atomic E-state index is 0.0635. The molecule has 0 bridgehead atoms. The summed E-state index contributed by atoms with van der Waals surface area (Å²) in [5.74, 6) is -2.15. The highest BCUT2D eigenvalue weighted by molar-refractivity contribution is 6.30. The van der Waals surface area contributed by atoms with Crippen molar-refractivity contribution < 1.29 is 19.8 Å². The van der Waals surface area contributed by atoms with Crippen LogP contribution in [0.1, 0.15) is 19.3 Å². The second-order valence-electron chi connectivity index (χ2n) is 7.88. The molecule has 0 saturated carbocycles. The van der Waals surface area contributed by atoms with Gasteiger partial charge in [0.15, 0.2) is 5.65 Å². The monoisotopic (exact) mass is 489 g/mol. The molecule has 3 heterocycles. The minimum Gasteiger partial charge on any atom is -0.481 e. The molecule has 1 saturated heterocycles. The predicted molar refractivity (Wildman–Crippen MR) is 129 cm³/mol. The van der Waals surface area contributed by atoms with Crippen molar-refractivity contribution >= 4 is 34.9 Å². The summed E-state index contributed by atoms with van der Waals surface area (Å²) in [5.41, 5.74) is 1.83. The number of fused-ring (bicyclic) bond motifs is 1. The van der Waals surface area contributed by atoms with Crippen LogP contribution in [0.4, 0.5) is 5.69 Å². The molecule has 0 unspecified atom stereocenters. The Hall–Kier alpha value is -3.37. The Labute approximate surface area is 201 Å². The quantitative estimate of drug-likeness (QED) is 0.494. The van der Waals surface area contributed by atoms with Crippen LogP contribution < -0.4 is 10.6 Å². The predicted octanol–water partition coefficient (Wildman–Crippen LogP) is 2.30. The number of rotatable bonds is 8. The first kappa shape index (κ1) is 25.3. The lowest BCUT2D eigenvalue weighted by molar-refractivity contribution is -0.143. The molecular formula is C23H28ClN5O5. The third-order valence-electron chi connectivity index (χ3n) is 5.43. The Balaban J connectivity index is 0.000000350. The summed E-state index contributed by atoms with van der Waals surface area (Å²) in [7, 11) is 0. The topological polar surface area (TPSA) is 120 Å². The van der Waals surface area contributed by atoms with E-state index >= 15 is 0 Å². The van der Waals surface area contributed by atoms with Crippen LogP contribution >= 0.6 is 11.6 Å². The van der Waals surface area contributed by atoms with E-state index in [1.807, 2.05) is 36.4 Å². The number of aliphatic carboxylic acids is 2. The average molecular weight is 490 g/mol. The van der Waals surface area contributed by atoms with E-state index in [2.05, 4.69) is 21.0 Å². The molecule has 3 aromatic rings. The van der Waals surface area contributed by atoms with Gasteiger partial charge in [-0.05, 0) is 36.8 Å². The van der Waals surface area contributed by atoms with E-state index < -0.39 is 11.9 Å². The second kappa shape index (κ2) is 12.2. The van der Waals surface area contributed by atoms with Crippen molar-refractivity contribution in [1.29, 1.82) is 0 Å². The van der Waals surface area contributed by atoms with Gasteiger partial charge in [-0.15, -0.1) is 5.10 Å². The highest BCUT2D eigenvalue weighted by atomic mass is 35.5. The van der Waals surface area contributed by atoms with Gasteiger partial charge >= 0.3 is 17.6 Å². The molecule has 34 heavy (non-hydrogen) atoms. The fraction of sp³-hybridized carbons (Fsp3) is 0.391. The van der Waals surface area contributed by atoms with E-state index in [4.69, 9.17) is 21.8 Å². The number of hydrogen-bond donors (Lipinski definition) is 2. The Morgan fingerprint density at radius 1 is 0.941 bits per heavy atom. The normalized spacial score (nSPS) is 14.0. The summed E-state index contributed by atoms with van der Waals surface area (Å²) in [6, 6.07) is 13.6. The molecule has 11 heteroatoms. The SMILES string of the molecule is O=C(O)CCC(=O)O.O=c1n(CCCN2CCN(c3cccc(Cl)c3)CC2)nc2ccccn12. The zero-order valence-electron chi connectivity index (χ0n) is 18.7. The van der Waals surface area contributed by atoms with Crippen LogP contribution in [-0.4, -0.2) is 74.0 Å². The molecule has 1 aromatic carbocycles. The van der Waals surface area contributed by atoms with Crippen molar-refractivity contribution in [2.45, 2.75) is 25.8 Å². The number of carboxylic acid groups (broad SMARTS) is 2. The van der Waals surface area contributed by atoms with Crippen LogP contribution in [0.25, 0.3) is 5.65 Å². The third-order valence-corrected chi connectivity index (χ3v) is 5.67. The van der Waals surface area contributed by atoms with E-state index in [0.717, 1.165) is 44.2 Å². The molecule has 4 rings (SSSR count). The maximum atomic E-state index is 12.3. The number of carbonyl (C=O) groups is 2. The number of anilines is 1. The lowest BCUT2D eigenvalue weighted by Crippen LogP contribution is -2.46. The van der Waals surface area contributed by atoms with Crippen LogP contribution in [0.15, 0.2) is 53.5 Å². The molecule has 0 aliphatic carbocycles. The zero-order valence-corrected chi connectivity index (χ0v) is 19.5. The molecule has 10 nitrogen and oxygen atoms in total. The van der Waals surface area contributed by atoms with Crippen LogP contribution in [0.5, 0.6) is 0 Å². The molecule has 0 atom stereocenters. The van der Waals surface area contributed by atoms with Crippen molar-refractivity contribution in [3.63, 3.8) is 0 Å². The van der Waals surface area contributed by atoms with Crippen LogP contribution in [0.2, 0.25) is 5.02 Å². The second-order valence-corrected chi connectivity index (χ2v) is 8.32. The highest BCUT2D eigenvalue weighted by Gasteiger charge is 2.17. The van der Waals surface area contributed by atoms with Gasteiger partial charge < -0.3 is 15.1 Å². The van der Waals surface area contributed by atoms with Gasteiger partial charge in [0, 0.05) is 56.2 Å². The van der Waals surface area contributed by atoms with Gasteiger partial charge in [-0.25, -0.2) is 9.48 Å². The first-order chi connectivity index (χ1) is 16.3. The van der Waals surface area contributed by atoms with Crippen LogP contribution in [0, 0.1) is 0 Å². The van der Waals surface area contributed by atoms with Crippen LogP contribution in [0.3, 0.4) is 0 Å². The van der Waals surface area contributed by atoms with E-state index in [1.54, 1.807) is 15.3 Å². The molecule has 1 aliphatic rings.